The third kappa shape index (κ3) is 3.03. The Morgan fingerprint density at radius 2 is 1.78 bits per heavy atom. The van der Waals surface area contributed by atoms with Gasteiger partial charge in [-0.2, -0.15) is 0 Å². The Labute approximate surface area is 113 Å². The highest BCUT2D eigenvalue weighted by molar-refractivity contribution is 6.31. The lowest BCUT2D eigenvalue weighted by Gasteiger charge is -2.16. The summed E-state index contributed by atoms with van der Waals surface area (Å²) in [6.45, 7) is 2.83. The predicted octanol–water partition coefficient (Wildman–Crippen LogP) is 3.77. The van der Waals surface area contributed by atoms with Crippen LogP contribution in [-0.2, 0) is 6.54 Å². The molecule has 0 bridgehead atoms. The number of hydrogen-bond donors (Lipinski definition) is 2. The van der Waals surface area contributed by atoms with E-state index in [0.717, 1.165) is 28.4 Å². The van der Waals surface area contributed by atoms with Gasteiger partial charge in [0.15, 0.2) is 0 Å². The first kappa shape index (κ1) is 12.9. The molecule has 0 heterocycles. The fourth-order valence-electron chi connectivity index (χ4n) is 1.92. The van der Waals surface area contributed by atoms with Crippen LogP contribution in [0.15, 0.2) is 48.5 Å². The Bertz CT molecular complexity index is 525. The SMILES string of the molecule is C[C@@H](NCc1ccccc1Cl)c1ccccc1N. The molecular weight excluding hydrogens is 244 g/mol. The van der Waals surface area contributed by atoms with E-state index in [1.165, 1.54) is 0 Å². The molecule has 18 heavy (non-hydrogen) atoms. The second-order valence-corrected chi connectivity index (χ2v) is 4.73. The Hall–Kier alpha value is -1.51. The van der Waals surface area contributed by atoms with Crippen LogP contribution in [0.4, 0.5) is 5.69 Å². The highest BCUT2D eigenvalue weighted by Crippen LogP contribution is 2.21. The molecule has 0 fully saturated rings. The second-order valence-electron chi connectivity index (χ2n) is 4.32. The third-order valence-electron chi connectivity index (χ3n) is 3.02. The molecule has 0 aliphatic rings. The van der Waals surface area contributed by atoms with Crippen LogP contribution in [-0.4, -0.2) is 0 Å². The molecule has 2 rings (SSSR count). The smallest absolute Gasteiger partial charge is 0.0450 e. The van der Waals surface area contributed by atoms with Crippen molar-refractivity contribution in [2.24, 2.45) is 0 Å². The number of nitrogens with two attached hydrogens (primary N) is 1. The Balaban J connectivity index is 2.03. The quantitative estimate of drug-likeness (QED) is 0.822. The van der Waals surface area contributed by atoms with Crippen LogP contribution in [0.5, 0.6) is 0 Å². The maximum Gasteiger partial charge on any atom is 0.0450 e. The fourth-order valence-corrected chi connectivity index (χ4v) is 2.12. The van der Waals surface area contributed by atoms with Crippen molar-refractivity contribution in [2.75, 3.05) is 5.73 Å². The molecule has 0 saturated carbocycles. The standard InChI is InChI=1S/C15H17ClN2/c1-11(13-7-3-5-9-15(13)17)18-10-12-6-2-4-8-14(12)16/h2-9,11,18H,10,17H2,1H3/t11-/m1/s1. The number of benzene rings is 2. The average Bonchev–Trinajstić information content (AvgIpc) is 2.38. The van der Waals surface area contributed by atoms with E-state index in [1.54, 1.807) is 0 Å². The lowest BCUT2D eigenvalue weighted by atomic mass is 10.1. The highest BCUT2D eigenvalue weighted by atomic mass is 35.5. The lowest BCUT2D eigenvalue weighted by molar-refractivity contribution is 0.576. The van der Waals surface area contributed by atoms with E-state index >= 15 is 0 Å². The molecule has 0 amide bonds. The fraction of sp³-hybridized carbons (Fsp3) is 0.200. The van der Waals surface area contributed by atoms with Crippen molar-refractivity contribution < 1.29 is 0 Å². The van der Waals surface area contributed by atoms with E-state index in [0.29, 0.717) is 0 Å². The van der Waals surface area contributed by atoms with Crippen molar-refractivity contribution >= 4 is 17.3 Å². The number of hydrogen-bond acceptors (Lipinski definition) is 2. The van der Waals surface area contributed by atoms with Crippen molar-refractivity contribution in [3.05, 3.63) is 64.7 Å². The largest absolute Gasteiger partial charge is 0.398 e. The summed E-state index contributed by atoms with van der Waals surface area (Å²) in [4.78, 5) is 0. The molecule has 0 unspecified atom stereocenters. The second kappa shape index (κ2) is 5.89. The number of nitrogen functional groups attached to an aromatic ring is 1. The maximum absolute atomic E-state index is 6.12. The van der Waals surface area contributed by atoms with Gasteiger partial charge in [-0.25, -0.2) is 0 Å². The molecular formula is C15H17ClN2. The number of anilines is 1. The van der Waals surface area contributed by atoms with Gasteiger partial charge in [0.25, 0.3) is 0 Å². The summed E-state index contributed by atoms with van der Waals surface area (Å²) in [5, 5.41) is 4.22. The van der Waals surface area contributed by atoms with E-state index in [2.05, 4.69) is 12.2 Å². The van der Waals surface area contributed by atoms with Crippen molar-refractivity contribution in [1.82, 2.24) is 5.32 Å². The van der Waals surface area contributed by atoms with E-state index in [9.17, 15) is 0 Å². The zero-order valence-electron chi connectivity index (χ0n) is 10.4. The monoisotopic (exact) mass is 260 g/mol. The van der Waals surface area contributed by atoms with E-state index in [1.807, 2.05) is 48.5 Å². The van der Waals surface area contributed by atoms with E-state index < -0.39 is 0 Å². The molecule has 0 aliphatic heterocycles. The van der Waals surface area contributed by atoms with Gasteiger partial charge in [-0.3, -0.25) is 0 Å². The predicted molar refractivity (Wildman–Crippen MR) is 77.6 cm³/mol. The van der Waals surface area contributed by atoms with Crippen molar-refractivity contribution in [2.45, 2.75) is 19.5 Å². The molecule has 94 valence electrons. The third-order valence-corrected chi connectivity index (χ3v) is 3.39. The Morgan fingerprint density at radius 3 is 2.50 bits per heavy atom. The first-order chi connectivity index (χ1) is 8.68. The lowest BCUT2D eigenvalue weighted by Crippen LogP contribution is -2.19. The zero-order valence-corrected chi connectivity index (χ0v) is 11.1. The van der Waals surface area contributed by atoms with Crippen molar-refractivity contribution in [3.8, 4) is 0 Å². The molecule has 0 aliphatic carbocycles. The van der Waals surface area contributed by atoms with E-state index in [-0.39, 0.29) is 6.04 Å². The molecule has 2 aromatic rings. The van der Waals surface area contributed by atoms with Crippen LogP contribution in [0, 0.1) is 0 Å². The first-order valence-corrected chi connectivity index (χ1v) is 6.37. The molecule has 2 aromatic carbocycles. The van der Waals surface area contributed by atoms with Crippen LogP contribution in [0.25, 0.3) is 0 Å². The molecule has 2 nitrogen and oxygen atoms in total. The molecule has 0 saturated heterocycles. The van der Waals surface area contributed by atoms with Crippen LogP contribution in [0.2, 0.25) is 5.02 Å². The molecule has 0 spiro atoms. The topological polar surface area (TPSA) is 38.0 Å². The summed E-state index contributed by atoms with van der Waals surface area (Å²) in [6, 6.07) is 16.0. The van der Waals surface area contributed by atoms with Gasteiger partial charge in [0, 0.05) is 23.3 Å². The maximum atomic E-state index is 6.12. The van der Waals surface area contributed by atoms with Crippen LogP contribution >= 0.6 is 11.6 Å². The number of rotatable bonds is 4. The zero-order chi connectivity index (χ0) is 13.0. The van der Waals surface area contributed by atoms with Gasteiger partial charge in [-0.15, -0.1) is 0 Å². The van der Waals surface area contributed by atoms with Gasteiger partial charge in [0.2, 0.25) is 0 Å². The molecule has 0 radical (unpaired) electrons. The van der Waals surface area contributed by atoms with Crippen LogP contribution in [0.3, 0.4) is 0 Å². The number of halogens is 1. The summed E-state index contributed by atoms with van der Waals surface area (Å²) in [5.41, 5.74) is 8.98. The minimum atomic E-state index is 0.197. The summed E-state index contributed by atoms with van der Waals surface area (Å²) >= 11 is 6.12. The average molecular weight is 261 g/mol. The summed E-state index contributed by atoms with van der Waals surface area (Å²) < 4.78 is 0. The van der Waals surface area contributed by atoms with Crippen LogP contribution in [0.1, 0.15) is 24.1 Å². The van der Waals surface area contributed by atoms with Gasteiger partial charge in [-0.05, 0) is 30.2 Å². The van der Waals surface area contributed by atoms with Gasteiger partial charge < -0.3 is 11.1 Å². The van der Waals surface area contributed by atoms with Gasteiger partial charge in [0.1, 0.15) is 0 Å². The number of nitrogens with one attached hydrogen (secondary N) is 1. The summed E-state index contributed by atoms with van der Waals surface area (Å²) in [6.07, 6.45) is 0. The molecule has 0 aromatic heterocycles. The molecule has 3 heteroatoms. The Morgan fingerprint density at radius 1 is 1.11 bits per heavy atom. The first-order valence-electron chi connectivity index (χ1n) is 5.99. The van der Waals surface area contributed by atoms with Crippen molar-refractivity contribution in [3.63, 3.8) is 0 Å². The minimum absolute atomic E-state index is 0.197. The summed E-state index contributed by atoms with van der Waals surface area (Å²) in [7, 11) is 0. The van der Waals surface area contributed by atoms with Gasteiger partial charge in [-0.1, -0.05) is 48.0 Å². The van der Waals surface area contributed by atoms with Crippen LogP contribution < -0.4 is 11.1 Å². The van der Waals surface area contributed by atoms with Crippen molar-refractivity contribution in [1.29, 1.82) is 0 Å². The number of para-hydroxylation sites is 1. The Kier molecular flexibility index (Phi) is 4.24. The minimum Gasteiger partial charge on any atom is -0.398 e. The van der Waals surface area contributed by atoms with Gasteiger partial charge >= 0.3 is 0 Å². The molecule has 3 N–H and O–H groups in total. The normalized spacial score (nSPS) is 12.3. The van der Waals surface area contributed by atoms with Gasteiger partial charge in [0.05, 0.1) is 0 Å². The molecule has 1 atom stereocenters. The summed E-state index contributed by atoms with van der Waals surface area (Å²) in [5.74, 6) is 0. The van der Waals surface area contributed by atoms with E-state index in [4.69, 9.17) is 17.3 Å². The highest BCUT2D eigenvalue weighted by Gasteiger charge is 2.08.